The Balaban J connectivity index is 1.74. The molecule has 0 bridgehead atoms. The van der Waals surface area contributed by atoms with Crippen molar-refractivity contribution in [1.29, 1.82) is 0 Å². The molecule has 2 aromatic heterocycles. The van der Waals surface area contributed by atoms with Crippen molar-refractivity contribution in [1.82, 2.24) is 19.7 Å². The number of ether oxygens (including phenoxy) is 2. The topological polar surface area (TPSA) is 64.4 Å². The number of aromatic nitrogens is 3. The zero-order valence-corrected chi connectivity index (χ0v) is 19.3. The highest BCUT2D eigenvalue weighted by Gasteiger charge is 2.21. The van der Waals surface area contributed by atoms with Gasteiger partial charge in [0.1, 0.15) is 11.5 Å². The predicted octanol–water partition coefficient (Wildman–Crippen LogP) is 4.26. The summed E-state index contributed by atoms with van der Waals surface area (Å²) in [5.74, 6) is 2.43. The standard InChI is InChI=1S/C24H33N5O2/c1-6-31-19-9-10-20(21(15-19)30-5)29-17(3)22-16(2)26-27-24(23(22)18(29)4)25-11-14-28-12-7-8-13-28/h9-10,15H,6-8,11-14H2,1-5H3,(H,25,27). The molecule has 31 heavy (non-hydrogen) atoms. The number of rotatable bonds is 8. The van der Waals surface area contributed by atoms with Gasteiger partial charge in [0.15, 0.2) is 5.82 Å². The summed E-state index contributed by atoms with van der Waals surface area (Å²) in [4.78, 5) is 2.50. The Hall–Kier alpha value is -2.80. The number of methoxy groups -OCH3 is 1. The zero-order chi connectivity index (χ0) is 22.0. The van der Waals surface area contributed by atoms with Gasteiger partial charge < -0.3 is 24.3 Å². The normalized spacial score (nSPS) is 14.4. The first-order valence-electron chi connectivity index (χ1n) is 11.2. The molecule has 166 valence electrons. The second-order valence-corrected chi connectivity index (χ2v) is 8.13. The fourth-order valence-electron chi connectivity index (χ4n) is 4.72. The smallest absolute Gasteiger partial charge is 0.158 e. The Morgan fingerprint density at radius 2 is 1.77 bits per heavy atom. The number of hydrogen-bond donors (Lipinski definition) is 1. The molecule has 1 aliphatic heterocycles. The van der Waals surface area contributed by atoms with Crippen molar-refractivity contribution in [3.63, 3.8) is 0 Å². The molecule has 7 heteroatoms. The maximum absolute atomic E-state index is 5.72. The van der Waals surface area contributed by atoms with Gasteiger partial charge in [0.2, 0.25) is 0 Å². The van der Waals surface area contributed by atoms with Crippen LogP contribution in [0.2, 0.25) is 0 Å². The van der Waals surface area contributed by atoms with E-state index < -0.39 is 0 Å². The van der Waals surface area contributed by atoms with Crippen LogP contribution < -0.4 is 14.8 Å². The van der Waals surface area contributed by atoms with E-state index in [-0.39, 0.29) is 0 Å². The molecular weight excluding hydrogens is 390 g/mol. The first kappa shape index (κ1) is 21.4. The molecule has 0 amide bonds. The molecule has 0 saturated carbocycles. The van der Waals surface area contributed by atoms with E-state index in [9.17, 15) is 0 Å². The highest BCUT2D eigenvalue weighted by Crippen LogP contribution is 2.37. The minimum absolute atomic E-state index is 0.622. The summed E-state index contributed by atoms with van der Waals surface area (Å²) in [6.07, 6.45) is 2.61. The maximum Gasteiger partial charge on any atom is 0.158 e. The van der Waals surface area contributed by atoms with Crippen LogP contribution in [0, 0.1) is 20.8 Å². The Morgan fingerprint density at radius 3 is 2.48 bits per heavy atom. The number of aryl methyl sites for hydroxylation is 3. The van der Waals surface area contributed by atoms with E-state index in [1.165, 1.54) is 25.9 Å². The Bertz CT molecular complexity index is 1070. The van der Waals surface area contributed by atoms with Gasteiger partial charge in [0.05, 0.1) is 25.1 Å². The largest absolute Gasteiger partial charge is 0.494 e. The fraction of sp³-hybridized carbons (Fsp3) is 0.500. The van der Waals surface area contributed by atoms with Gasteiger partial charge in [-0.1, -0.05) is 0 Å². The Kier molecular flexibility index (Phi) is 6.32. The first-order chi connectivity index (χ1) is 15.0. The SMILES string of the molecule is CCOc1ccc(-n2c(C)c3c(C)nnc(NCCN4CCCC4)c3c2C)c(OC)c1. The molecule has 1 N–H and O–H groups in total. The van der Waals surface area contributed by atoms with Crippen LogP contribution in [0.4, 0.5) is 5.82 Å². The molecule has 7 nitrogen and oxygen atoms in total. The number of benzene rings is 1. The summed E-state index contributed by atoms with van der Waals surface area (Å²) in [5, 5.41) is 14.8. The molecule has 1 aliphatic rings. The molecule has 0 unspecified atom stereocenters. The van der Waals surface area contributed by atoms with Gasteiger partial charge in [0.25, 0.3) is 0 Å². The van der Waals surface area contributed by atoms with E-state index in [0.29, 0.717) is 6.61 Å². The van der Waals surface area contributed by atoms with E-state index in [4.69, 9.17) is 9.47 Å². The van der Waals surface area contributed by atoms with Gasteiger partial charge in [-0.3, -0.25) is 0 Å². The van der Waals surface area contributed by atoms with Crippen molar-refractivity contribution in [2.45, 2.75) is 40.5 Å². The molecule has 3 aromatic rings. The predicted molar refractivity (Wildman–Crippen MR) is 125 cm³/mol. The lowest BCUT2D eigenvalue weighted by molar-refractivity contribution is 0.336. The summed E-state index contributed by atoms with van der Waals surface area (Å²) >= 11 is 0. The van der Waals surface area contributed by atoms with Crippen LogP contribution in [0.3, 0.4) is 0 Å². The van der Waals surface area contributed by atoms with Crippen molar-refractivity contribution in [3.8, 4) is 17.2 Å². The molecule has 4 rings (SSSR count). The summed E-state index contributed by atoms with van der Waals surface area (Å²) in [6.45, 7) is 13.2. The monoisotopic (exact) mass is 423 g/mol. The molecule has 0 spiro atoms. The second-order valence-electron chi connectivity index (χ2n) is 8.13. The van der Waals surface area contributed by atoms with Crippen molar-refractivity contribution in [3.05, 3.63) is 35.3 Å². The van der Waals surface area contributed by atoms with Gasteiger partial charge in [-0.25, -0.2) is 0 Å². The van der Waals surface area contributed by atoms with Crippen molar-refractivity contribution in [2.75, 3.05) is 45.2 Å². The van der Waals surface area contributed by atoms with E-state index in [1.807, 2.05) is 26.0 Å². The number of likely N-dealkylation sites (tertiary alicyclic amines) is 1. The van der Waals surface area contributed by atoms with Crippen LogP contribution in [0.15, 0.2) is 18.2 Å². The van der Waals surface area contributed by atoms with Crippen molar-refractivity contribution >= 4 is 16.6 Å². The third-order valence-electron chi connectivity index (χ3n) is 6.17. The highest BCUT2D eigenvalue weighted by molar-refractivity contribution is 5.98. The third kappa shape index (κ3) is 4.06. The number of hydrogen-bond acceptors (Lipinski definition) is 6. The van der Waals surface area contributed by atoms with E-state index in [0.717, 1.165) is 63.9 Å². The van der Waals surface area contributed by atoms with Gasteiger partial charge in [-0.05, 0) is 65.8 Å². The van der Waals surface area contributed by atoms with Crippen LogP contribution in [0.1, 0.15) is 36.8 Å². The summed E-state index contributed by atoms with van der Waals surface area (Å²) in [5.41, 5.74) is 4.17. The molecule has 1 fully saturated rings. The van der Waals surface area contributed by atoms with Gasteiger partial charge in [-0.15, -0.1) is 5.10 Å². The average Bonchev–Trinajstić information content (AvgIpc) is 3.37. The average molecular weight is 424 g/mol. The molecular formula is C24H33N5O2. The first-order valence-corrected chi connectivity index (χ1v) is 11.2. The van der Waals surface area contributed by atoms with Crippen LogP contribution >= 0.6 is 0 Å². The van der Waals surface area contributed by atoms with Crippen LogP contribution in [0.25, 0.3) is 16.5 Å². The fourth-order valence-corrected chi connectivity index (χ4v) is 4.72. The third-order valence-corrected chi connectivity index (χ3v) is 6.17. The van der Waals surface area contributed by atoms with E-state index in [2.05, 4.69) is 44.9 Å². The lowest BCUT2D eigenvalue weighted by atomic mass is 10.1. The summed E-state index contributed by atoms with van der Waals surface area (Å²) in [6, 6.07) is 5.99. The lowest BCUT2D eigenvalue weighted by Gasteiger charge is -2.16. The zero-order valence-electron chi connectivity index (χ0n) is 19.3. The minimum atomic E-state index is 0.622. The molecule has 0 radical (unpaired) electrons. The number of anilines is 1. The highest BCUT2D eigenvalue weighted by atomic mass is 16.5. The molecule has 0 aliphatic carbocycles. The van der Waals surface area contributed by atoms with Crippen LogP contribution in [-0.2, 0) is 0 Å². The molecule has 3 heterocycles. The van der Waals surface area contributed by atoms with E-state index >= 15 is 0 Å². The van der Waals surface area contributed by atoms with E-state index in [1.54, 1.807) is 7.11 Å². The van der Waals surface area contributed by atoms with Gasteiger partial charge in [0, 0.05) is 41.3 Å². The second kappa shape index (κ2) is 9.14. The number of fused-ring (bicyclic) bond motifs is 1. The van der Waals surface area contributed by atoms with Crippen LogP contribution in [-0.4, -0.2) is 59.6 Å². The van der Waals surface area contributed by atoms with Crippen molar-refractivity contribution < 1.29 is 9.47 Å². The molecule has 0 atom stereocenters. The van der Waals surface area contributed by atoms with Crippen molar-refractivity contribution in [2.24, 2.45) is 0 Å². The molecule has 1 aromatic carbocycles. The minimum Gasteiger partial charge on any atom is -0.494 e. The Morgan fingerprint density at radius 1 is 1.03 bits per heavy atom. The van der Waals surface area contributed by atoms with Crippen LogP contribution in [0.5, 0.6) is 11.5 Å². The summed E-state index contributed by atoms with van der Waals surface area (Å²) < 4.78 is 13.6. The lowest BCUT2D eigenvalue weighted by Crippen LogP contribution is -2.26. The molecule has 1 saturated heterocycles. The number of nitrogens with zero attached hydrogens (tertiary/aromatic N) is 4. The van der Waals surface area contributed by atoms with Gasteiger partial charge in [-0.2, -0.15) is 5.10 Å². The maximum atomic E-state index is 5.72. The Labute approximate surface area is 184 Å². The van der Waals surface area contributed by atoms with Gasteiger partial charge >= 0.3 is 0 Å². The summed E-state index contributed by atoms with van der Waals surface area (Å²) in [7, 11) is 1.70. The quantitative estimate of drug-likeness (QED) is 0.584. The number of nitrogens with one attached hydrogen (secondary N) is 1.